The molecule has 1 aliphatic rings. The number of amides is 1. The molecule has 0 bridgehead atoms. The third-order valence-electron chi connectivity index (χ3n) is 3.60. The van der Waals surface area contributed by atoms with Crippen LogP contribution in [0.25, 0.3) is 0 Å². The van der Waals surface area contributed by atoms with Gasteiger partial charge in [-0.15, -0.1) is 0 Å². The van der Waals surface area contributed by atoms with E-state index in [0.717, 1.165) is 12.8 Å². The van der Waals surface area contributed by atoms with Crippen molar-refractivity contribution in [3.8, 4) is 0 Å². The Labute approximate surface area is 105 Å². The molecule has 0 aromatic carbocycles. The molecule has 1 amide bonds. The Morgan fingerprint density at radius 2 is 2.06 bits per heavy atom. The highest BCUT2D eigenvalue weighted by Crippen LogP contribution is 2.30. The zero-order valence-corrected chi connectivity index (χ0v) is 11.5. The minimum absolute atomic E-state index is 0.0519. The lowest BCUT2D eigenvalue weighted by atomic mass is 9.78. The third kappa shape index (κ3) is 5.07. The molecule has 1 aliphatic carbocycles. The summed E-state index contributed by atoms with van der Waals surface area (Å²) in [5.74, 6) is 1.34. The molecule has 0 aliphatic heterocycles. The molecule has 0 radical (unpaired) electrons. The Balaban J connectivity index is 2.34. The van der Waals surface area contributed by atoms with Crippen molar-refractivity contribution in [2.75, 3.05) is 13.2 Å². The molecule has 0 spiro atoms. The third-order valence-corrected chi connectivity index (χ3v) is 3.60. The van der Waals surface area contributed by atoms with Gasteiger partial charge in [-0.2, -0.15) is 0 Å². The molecule has 3 heteroatoms. The van der Waals surface area contributed by atoms with Crippen LogP contribution in [-0.2, 0) is 9.53 Å². The summed E-state index contributed by atoms with van der Waals surface area (Å²) in [5, 5.41) is 3.15. The van der Waals surface area contributed by atoms with Crippen LogP contribution in [0.1, 0.15) is 52.9 Å². The van der Waals surface area contributed by atoms with Gasteiger partial charge in [0.2, 0.25) is 5.91 Å². The summed E-state index contributed by atoms with van der Waals surface area (Å²) in [4.78, 5) is 11.7. The van der Waals surface area contributed by atoms with E-state index in [4.69, 9.17) is 4.74 Å². The molecule has 1 fully saturated rings. The predicted octanol–water partition coefficient (Wildman–Crippen LogP) is 2.74. The van der Waals surface area contributed by atoms with Crippen molar-refractivity contribution < 1.29 is 9.53 Å². The number of hydrogen-bond acceptors (Lipinski definition) is 2. The van der Waals surface area contributed by atoms with Gasteiger partial charge in [0.25, 0.3) is 0 Å². The lowest BCUT2D eigenvalue weighted by molar-refractivity contribution is -0.127. The first-order valence-electron chi connectivity index (χ1n) is 7.02. The first-order valence-corrected chi connectivity index (χ1v) is 7.02. The monoisotopic (exact) mass is 241 g/mol. The highest BCUT2D eigenvalue weighted by molar-refractivity contribution is 5.77. The van der Waals surface area contributed by atoms with Gasteiger partial charge in [-0.05, 0) is 31.1 Å². The van der Waals surface area contributed by atoms with Crippen LogP contribution in [-0.4, -0.2) is 25.2 Å². The maximum Gasteiger partial charge on any atom is 0.246 e. The number of carbonyl (C=O) groups is 1. The van der Waals surface area contributed by atoms with E-state index in [2.05, 4.69) is 19.2 Å². The molecule has 0 heterocycles. The standard InChI is InChI=1S/C14H27NO2/c1-4-9-17-10-14(16)15-13-8-6-5-7-12(13)11(2)3/h11-13H,4-10H2,1-3H3,(H,15,16). The van der Waals surface area contributed by atoms with Gasteiger partial charge in [-0.25, -0.2) is 0 Å². The molecule has 3 nitrogen and oxygen atoms in total. The van der Waals surface area contributed by atoms with E-state index in [0.29, 0.717) is 24.5 Å². The van der Waals surface area contributed by atoms with Gasteiger partial charge in [0.1, 0.15) is 6.61 Å². The minimum Gasteiger partial charge on any atom is -0.372 e. The molecule has 1 N–H and O–H groups in total. The van der Waals surface area contributed by atoms with Crippen LogP contribution in [0.15, 0.2) is 0 Å². The van der Waals surface area contributed by atoms with Crippen LogP contribution in [0.5, 0.6) is 0 Å². The fourth-order valence-corrected chi connectivity index (χ4v) is 2.69. The van der Waals surface area contributed by atoms with Crippen LogP contribution in [0.3, 0.4) is 0 Å². The fraction of sp³-hybridized carbons (Fsp3) is 0.929. The number of rotatable bonds is 6. The number of ether oxygens (including phenoxy) is 1. The second-order valence-electron chi connectivity index (χ2n) is 5.42. The molecule has 0 saturated heterocycles. The zero-order chi connectivity index (χ0) is 12.7. The Morgan fingerprint density at radius 1 is 1.35 bits per heavy atom. The van der Waals surface area contributed by atoms with Crippen LogP contribution in [0.2, 0.25) is 0 Å². The SMILES string of the molecule is CCCOCC(=O)NC1CCCCC1C(C)C. The Hall–Kier alpha value is -0.570. The molecule has 2 unspecified atom stereocenters. The van der Waals surface area contributed by atoms with Crippen molar-refractivity contribution in [2.45, 2.75) is 58.9 Å². The van der Waals surface area contributed by atoms with Crippen molar-refractivity contribution in [1.82, 2.24) is 5.32 Å². The van der Waals surface area contributed by atoms with Gasteiger partial charge in [0.15, 0.2) is 0 Å². The molecule has 2 atom stereocenters. The van der Waals surface area contributed by atoms with E-state index >= 15 is 0 Å². The molecule has 0 aromatic rings. The summed E-state index contributed by atoms with van der Waals surface area (Å²) >= 11 is 0. The lowest BCUT2D eigenvalue weighted by Gasteiger charge is -2.34. The van der Waals surface area contributed by atoms with E-state index in [-0.39, 0.29) is 12.5 Å². The molecule has 1 rings (SSSR count). The molecule has 0 aromatic heterocycles. The van der Waals surface area contributed by atoms with Crippen LogP contribution in [0.4, 0.5) is 0 Å². The molecular formula is C14H27NO2. The highest BCUT2D eigenvalue weighted by Gasteiger charge is 2.28. The van der Waals surface area contributed by atoms with Gasteiger partial charge < -0.3 is 10.1 Å². The van der Waals surface area contributed by atoms with Crippen molar-refractivity contribution in [2.24, 2.45) is 11.8 Å². The predicted molar refractivity (Wildman–Crippen MR) is 69.8 cm³/mol. The molecular weight excluding hydrogens is 214 g/mol. The van der Waals surface area contributed by atoms with Crippen LogP contribution in [0, 0.1) is 11.8 Å². The minimum atomic E-state index is 0.0519. The fourth-order valence-electron chi connectivity index (χ4n) is 2.69. The average molecular weight is 241 g/mol. The number of hydrogen-bond donors (Lipinski definition) is 1. The van der Waals surface area contributed by atoms with E-state index in [1.807, 2.05) is 6.92 Å². The van der Waals surface area contributed by atoms with E-state index in [1.54, 1.807) is 0 Å². The second kappa shape index (κ2) is 7.70. The lowest BCUT2D eigenvalue weighted by Crippen LogP contribution is -2.45. The topological polar surface area (TPSA) is 38.3 Å². The van der Waals surface area contributed by atoms with E-state index < -0.39 is 0 Å². The van der Waals surface area contributed by atoms with Gasteiger partial charge in [-0.1, -0.05) is 33.6 Å². The summed E-state index contributed by atoms with van der Waals surface area (Å²) in [7, 11) is 0. The average Bonchev–Trinajstić information content (AvgIpc) is 2.29. The molecule has 100 valence electrons. The van der Waals surface area contributed by atoms with E-state index in [9.17, 15) is 4.79 Å². The van der Waals surface area contributed by atoms with Gasteiger partial charge in [0, 0.05) is 12.6 Å². The van der Waals surface area contributed by atoms with E-state index in [1.165, 1.54) is 19.3 Å². The zero-order valence-electron chi connectivity index (χ0n) is 11.5. The van der Waals surface area contributed by atoms with Crippen molar-refractivity contribution in [1.29, 1.82) is 0 Å². The number of carbonyl (C=O) groups excluding carboxylic acids is 1. The first kappa shape index (κ1) is 14.5. The molecule has 17 heavy (non-hydrogen) atoms. The maximum atomic E-state index is 11.7. The first-order chi connectivity index (χ1) is 8.15. The van der Waals surface area contributed by atoms with Gasteiger partial charge in [-0.3, -0.25) is 4.79 Å². The summed E-state index contributed by atoms with van der Waals surface area (Å²) in [6, 6.07) is 0.362. The summed E-state index contributed by atoms with van der Waals surface area (Å²) < 4.78 is 5.27. The second-order valence-corrected chi connectivity index (χ2v) is 5.42. The summed E-state index contributed by atoms with van der Waals surface area (Å²) in [6.45, 7) is 7.44. The molecule has 1 saturated carbocycles. The van der Waals surface area contributed by atoms with Crippen LogP contribution >= 0.6 is 0 Å². The summed E-state index contributed by atoms with van der Waals surface area (Å²) in [6.07, 6.45) is 5.89. The summed E-state index contributed by atoms with van der Waals surface area (Å²) in [5.41, 5.74) is 0. The van der Waals surface area contributed by atoms with Crippen molar-refractivity contribution >= 4 is 5.91 Å². The largest absolute Gasteiger partial charge is 0.372 e. The Bertz CT molecular complexity index is 228. The maximum absolute atomic E-state index is 11.7. The van der Waals surface area contributed by atoms with Gasteiger partial charge >= 0.3 is 0 Å². The number of nitrogens with one attached hydrogen (secondary N) is 1. The Kier molecular flexibility index (Phi) is 6.56. The van der Waals surface area contributed by atoms with Crippen molar-refractivity contribution in [3.63, 3.8) is 0 Å². The quantitative estimate of drug-likeness (QED) is 0.726. The van der Waals surface area contributed by atoms with Gasteiger partial charge in [0.05, 0.1) is 0 Å². The van der Waals surface area contributed by atoms with Crippen LogP contribution < -0.4 is 5.32 Å². The Morgan fingerprint density at radius 3 is 2.71 bits per heavy atom. The highest BCUT2D eigenvalue weighted by atomic mass is 16.5. The normalized spacial score (nSPS) is 24.9. The van der Waals surface area contributed by atoms with Crippen molar-refractivity contribution in [3.05, 3.63) is 0 Å². The smallest absolute Gasteiger partial charge is 0.246 e.